The van der Waals surface area contributed by atoms with E-state index in [9.17, 15) is 4.79 Å². The van der Waals surface area contributed by atoms with Crippen molar-refractivity contribution in [2.24, 2.45) is 0 Å². The lowest BCUT2D eigenvalue weighted by Gasteiger charge is -2.09. The van der Waals surface area contributed by atoms with Gasteiger partial charge in [-0.2, -0.15) is 0 Å². The molecule has 0 aliphatic rings. The summed E-state index contributed by atoms with van der Waals surface area (Å²) in [4.78, 5) is 17.2. The van der Waals surface area contributed by atoms with Crippen molar-refractivity contribution in [3.8, 4) is 0 Å². The Morgan fingerprint density at radius 3 is 2.48 bits per heavy atom. The van der Waals surface area contributed by atoms with Crippen molar-refractivity contribution < 1.29 is 4.79 Å². The van der Waals surface area contributed by atoms with E-state index in [-0.39, 0.29) is 5.91 Å². The smallest absolute Gasteiger partial charge is 0.234 e. The third-order valence-corrected chi connectivity index (χ3v) is 5.73. The Morgan fingerprint density at radius 2 is 1.69 bits per heavy atom. The fourth-order valence-corrected chi connectivity index (χ4v) is 4.07. The number of imidazole rings is 1. The number of para-hydroxylation sites is 2. The van der Waals surface area contributed by atoms with Crippen LogP contribution in [-0.2, 0) is 17.8 Å². The number of hydrogen-bond acceptors (Lipinski definition) is 3. The maximum atomic E-state index is 12.4. The van der Waals surface area contributed by atoms with Crippen LogP contribution in [0.5, 0.6) is 0 Å². The summed E-state index contributed by atoms with van der Waals surface area (Å²) in [5.74, 6) is 0.295. The largest absolute Gasteiger partial charge is 0.325 e. The lowest BCUT2D eigenvalue weighted by molar-refractivity contribution is -0.113. The fourth-order valence-electron chi connectivity index (χ4n) is 3.23. The predicted molar refractivity (Wildman–Crippen MR) is 120 cm³/mol. The van der Waals surface area contributed by atoms with Gasteiger partial charge in [0.15, 0.2) is 5.16 Å². The molecule has 4 aromatic rings. The number of aromatic nitrogens is 2. The van der Waals surface area contributed by atoms with Gasteiger partial charge >= 0.3 is 0 Å². The zero-order chi connectivity index (χ0) is 20.1. The normalized spacial score (nSPS) is 10.9. The van der Waals surface area contributed by atoms with Crippen LogP contribution in [0.2, 0.25) is 0 Å². The first-order chi connectivity index (χ1) is 14.2. The predicted octanol–water partition coefficient (Wildman–Crippen LogP) is 5.32. The third kappa shape index (κ3) is 4.87. The Labute approximate surface area is 175 Å². The van der Waals surface area contributed by atoms with Gasteiger partial charge in [0.2, 0.25) is 5.91 Å². The van der Waals surface area contributed by atoms with Gasteiger partial charge in [0.1, 0.15) is 0 Å². The van der Waals surface area contributed by atoms with Crippen LogP contribution >= 0.6 is 11.8 Å². The average molecular weight is 402 g/mol. The van der Waals surface area contributed by atoms with Crippen molar-refractivity contribution in [3.05, 3.63) is 90.0 Å². The molecule has 0 saturated heterocycles. The highest BCUT2D eigenvalue weighted by Gasteiger charge is 2.13. The minimum absolute atomic E-state index is 0.0273. The van der Waals surface area contributed by atoms with Gasteiger partial charge in [0.05, 0.1) is 16.8 Å². The van der Waals surface area contributed by atoms with Crippen LogP contribution in [-0.4, -0.2) is 21.2 Å². The monoisotopic (exact) mass is 401 g/mol. The Morgan fingerprint density at radius 1 is 0.966 bits per heavy atom. The molecule has 0 spiro atoms. The number of hydrogen-bond donors (Lipinski definition) is 1. The number of aryl methyl sites for hydroxylation is 3. The zero-order valence-electron chi connectivity index (χ0n) is 16.3. The molecule has 3 aromatic carbocycles. The van der Waals surface area contributed by atoms with Gasteiger partial charge in [-0.05, 0) is 43.2 Å². The van der Waals surface area contributed by atoms with E-state index < -0.39 is 0 Å². The van der Waals surface area contributed by atoms with Crippen molar-refractivity contribution in [1.29, 1.82) is 0 Å². The lowest BCUT2D eigenvalue weighted by Crippen LogP contribution is -2.14. The summed E-state index contributed by atoms with van der Waals surface area (Å²) in [5.41, 5.74) is 5.34. The summed E-state index contributed by atoms with van der Waals surface area (Å²) in [5, 5.41) is 3.83. The number of fused-ring (bicyclic) bond motifs is 1. The molecule has 0 bridgehead atoms. The summed E-state index contributed by atoms with van der Waals surface area (Å²) in [6.45, 7) is 2.85. The Kier molecular flexibility index (Phi) is 5.96. The molecular weight excluding hydrogens is 378 g/mol. The maximum Gasteiger partial charge on any atom is 0.234 e. The highest BCUT2D eigenvalue weighted by molar-refractivity contribution is 7.99. The van der Waals surface area contributed by atoms with Gasteiger partial charge in [0.25, 0.3) is 0 Å². The molecule has 5 heteroatoms. The average Bonchev–Trinajstić information content (AvgIpc) is 3.11. The van der Waals surface area contributed by atoms with Crippen LogP contribution in [0.1, 0.15) is 11.1 Å². The van der Waals surface area contributed by atoms with E-state index in [1.807, 2.05) is 55.5 Å². The Bertz CT molecular complexity index is 1100. The second-order valence-electron chi connectivity index (χ2n) is 6.97. The Balaban J connectivity index is 1.47. The first-order valence-corrected chi connectivity index (χ1v) is 10.7. The van der Waals surface area contributed by atoms with E-state index in [1.165, 1.54) is 22.9 Å². The lowest BCUT2D eigenvalue weighted by atomic mass is 10.1. The fraction of sp³-hybridized carbons (Fsp3) is 0.167. The molecule has 0 radical (unpaired) electrons. The third-order valence-electron chi connectivity index (χ3n) is 4.75. The standard InChI is InChI=1S/C24H23N3OS/c1-18-11-13-20(14-12-18)25-23(28)17-29-24-26-21-9-5-6-10-22(21)27(24)16-15-19-7-3-2-4-8-19/h2-14H,15-17H2,1H3,(H,25,28). The number of carbonyl (C=O) groups excluding carboxylic acids is 1. The number of carbonyl (C=O) groups is 1. The van der Waals surface area contributed by atoms with Gasteiger partial charge in [-0.3, -0.25) is 4.79 Å². The highest BCUT2D eigenvalue weighted by Crippen LogP contribution is 2.25. The molecular formula is C24H23N3OS. The maximum absolute atomic E-state index is 12.4. The van der Waals surface area contributed by atoms with Crippen LogP contribution in [0, 0.1) is 6.92 Å². The molecule has 0 atom stereocenters. The Hall–Kier alpha value is -3.05. The van der Waals surface area contributed by atoms with Crippen molar-refractivity contribution in [2.75, 3.05) is 11.1 Å². The van der Waals surface area contributed by atoms with E-state index in [1.54, 1.807) is 0 Å². The van der Waals surface area contributed by atoms with E-state index in [4.69, 9.17) is 4.98 Å². The summed E-state index contributed by atoms with van der Waals surface area (Å²) in [6, 6.07) is 26.4. The molecule has 4 rings (SSSR count). The molecule has 1 heterocycles. The van der Waals surface area contributed by atoms with Gasteiger partial charge in [-0.15, -0.1) is 0 Å². The van der Waals surface area contributed by atoms with Crippen LogP contribution in [0.4, 0.5) is 5.69 Å². The first-order valence-electron chi connectivity index (χ1n) is 9.67. The van der Waals surface area contributed by atoms with Crippen molar-refractivity contribution in [2.45, 2.75) is 25.0 Å². The minimum Gasteiger partial charge on any atom is -0.325 e. The molecule has 1 N–H and O–H groups in total. The number of benzene rings is 3. The molecule has 0 aliphatic carbocycles. The molecule has 146 valence electrons. The van der Waals surface area contributed by atoms with E-state index >= 15 is 0 Å². The van der Waals surface area contributed by atoms with Crippen LogP contribution in [0.15, 0.2) is 84.0 Å². The molecule has 0 saturated carbocycles. The SMILES string of the molecule is Cc1ccc(NC(=O)CSc2nc3ccccc3n2CCc2ccccc2)cc1. The van der Waals surface area contributed by atoms with Crippen LogP contribution in [0.3, 0.4) is 0 Å². The second-order valence-corrected chi connectivity index (χ2v) is 7.92. The number of nitrogens with zero attached hydrogens (tertiary/aromatic N) is 2. The van der Waals surface area contributed by atoms with E-state index in [2.05, 4.69) is 40.2 Å². The number of rotatable bonds is 7. The number of amides is 1. The van der Waals surface area contributed by atoms with Crippen LogP contribution in [0.25, 0.3) is 11.0 Å². The highest BCUT2D eigenvalue weighted by atomic mass is 32.2. The number of anilines is 1. The topological polar surface area (TPSA) is 46.9 Å². The molecule has 1 amide bonds. The molecule has 0 unspecified atom stereocenters. The quantitative estimate of drug-likeness (QED) is 0.427. The van der Waals surface area contributed by atoms with Gasteiger partial charge < -0.3 is 9.88 Å². The van der Waals surface area contributed by atoms with Gasteiger partial charge in [0, 0.05) is 12.2 Å². The van der Waals surface area contributed by atoms with Gasteiger partial charge in [-0.1, -0.05) is 71.9 Å². The summed E-state index contributed by atoms with van der Waals surface area (Å²) in [7, 11) is 0. The molecule has 1 aromatic heterocycles. The van der Waals surface area contributed by atoms with E-state index in [0.29, 0.717) is 5.75 Å². The van der Waals surface area contributed by atoms with Crippen molar-refractivity contribution in [1.82, 2.24) is 9.55 Å². The summed E-state index contributed by atoms with van der Waals surface area (Å²) < 4.78 is 2.21. The van der Waals surface area contributed by atoms with E-state index in [0.717, 1.165) is 34.8 Å². The molecule has 0 fully saturated rings. The molecule has 29 heavy (non-hydrogen) atoms. The van der Waals surface area contributed by atoms with Crippen molar-refractivity contribution >= 4 is 34.4 Å². The number of nitrogens with one attached hydrogen (secondary N) is 1. The van der Waals surface area contributed by atoms with Crippen LogP contribution < -0.4 is 5.32 Å². The van der Waals surface area contributed by atoms with Gasteiger partial charge in [-0.25, -0.2) is 4.98 Å². The summed E-state index contributed by atoms with van der Waals surface area (Å²) >= 11 is 1.48. The van der Waals surface area contributed by atoms with Crippen molar-refractivity contribution in [3.63, 3.8) is 0 Å². The minimum atomic E-state index is -0.0273. The molecule has 4 nitrogen and oxygen atoms in total. The molecule has 0 aliphatic heterocycles. The second kappa shape index (κ2) is 8.97. The summed E-state index contributed by atoms with van der Waals surface area (Å²) in [6.07, 6.45) is 0.921. The first kappa shape index (κ1) is 19.3. The zero-order valence-corrected chi connectivity index (χ0v) is 17.2. The number of thioether (sulfide) groups is 1.